The van der Waals surface area contributed by atoms with Crippen LogP contribution in [0.15, 0.2) is 36.4 Å². The highest BCUT2D eigenvalue weighted by Crippen LogP contribution is 2.28. The molecule has 0 radical (unpaired) electrons. The highest BCUT2D eigenvalue weighted by atomic mass is 32.1. The molecule has 2 aromatic rings. The van der Waals surface area contributed by atoms with Crippen molar-refractivity contribution < 1.29 is 19.1 Å². The Morgan fingerprint density at radius 3 is 2.50 bits per heavy atom. The lowest BCUT2D eigenvalue weighted by Crippen LogP contribution is -2.15. The first-order chi connectivity index (χ1) is 11.5. The van der Waals surface area contributed by atoms with Crippen molar-refractivity contribution in [2.75, 3.05) is 11.9 Å². The number of hydrogen-bond acceptors (Lipinski definition) is 5. The third-order valence-electron chi connectivity index (χ3n) is 3.28. The SMILES string of the molecule is CCOC(=O)c1cc(C)sc1NC(=O)CCC(=O)c1ccccc1. The lowest BCUT2D eigenvalue weighted by Gasteiger charge is -2.06. The lowest BCUT2D eigenvalue weighted by atomic mass is 10.1. The van der Waals surface area contributed by atoms with Gasteiger partial charge in [0.2, 0.25) is 5.91 Å². The summed E-state index contributed by atoms with van der Waals surface area (Å²) in [5, 5.41) is 3.17. The van der Waals surface area contributed by atoms with Crippen LogP contribution in [0.2, 0.25) is 0 Å². The molecule has 24 heavy (non-hydrogen) atoms. The van der Waals surface area contributed by atoms with Crippen LogP contribution in [0.1, 0.15) is 45.4 Å². The molecule has 126 valence electrons. The number of hydrogen-bond donors (Lipinski definition) is 1. The fourth-order valence-corrected chi connectivity index (χ4v) is 3.07. The smallest absolute Gasteiger partial charge is 0.341 e. The van der Waals surface area contributed by atoms with E-state index in [-0.39, 0.29) is 31.1 Å². The topological polar surface area (TPSA) is 72.5 Å². The maximum Gasteiger partial charge on any atom is 0.341 e. The number of aryl methyl sites for hydroxylation is 1. The summed E-state index contributed by atoms with van der Waals surface area (Å²) in [6, 6.07) is 10.5. The molecule has 0 aliphatic rings. The Balaban J connectivity index is 1.95. The number of Topliss-reactive ketones (excluding diaryl/α,β-unsaturated/α-hetero) is 1. The van der Waals surface area contributed by atoms with E-state index < -0.39 is 5.97 Å². The molecule has 0 aliphatic carbocycles. The molecule has 0 bridgehead atoms. The summed E-state index contributed by atoms with van der Waals surface area (Å²) in [6.07, 6.45) is 0.182. The van der Waals surface area contributed by atoms with Crippen molar-refractivity contribution >= 4 is 34.0 Å². The van der Waals surface area contributed by atoms with Gasteiger partial charge in [0.1, 0.15) is 5.00 Å². The van der Waals surface area contributed by atoms with Gasteiger partial charge in [-0.25, -0.2) is 4.79 Å². The molecule has 0 saturated heterocycles. The van der Waals surface area contributed by atoms with Crippen LogP contribution < -0.4 is 5.32 Å². The van der Waals surface area contributed by atoms with E-state index in [0.29, 0.717) is 16.1 Å². The zero-order valence-corrected chi connectivity index (χ0v) is 14.4. The van der Waals surface area contributed by atoms with E-state index in [4.69, 9.17) is 4.74 Å². The molecular weight excluding hydrogens is 326 g/mol. The number of amides is 1. The predicted octanol–water partition coefficient (Wildman–Crippen LogP) is 3.83. The van der Waals surface area contributed by atoms with Gasteiger partial charge in [0.25, 0.3) is 0 Å². The van der Waals surface area contributed by atoms with Crippen molar-refractivity contribution in [3.8, 4) is 0 Å². The third-order valence-corrected chi connectivity index (χ3v) is 4.24. The number of thiophene rings is 1. The molecule has 0 unspecified atom stereocenters. The summed E-state index contributed by atoms with van der Waals surface area (Å²) in [6.45, 7) is 3.85. The molecule has 1 aromatic carbocycles. The van der Waals surface area contributed by atoms with Crippen LogP contribution in [0.5, 0.6) is 0 Å². The van der Waals surface area contributed by atoms with E-state index in [1.807, 2.05) is 13.0 Å². The first-order valence-corrected chi connectivity index (χ1v) is 8.48. The fraction of sp³-hybridized carbons (Fsp3) is 0.278. The Hall–Kier alpha value is -2.47. The summed E-state index contributed by atoms with van der Waals surface area (Å²) in [4.78, 5) is 36.9. The number of rotatable bonds is 7. The maximum atomic E-state index is 12.1. The summed E-state index contributed by atoms with van der Waals surface area (Å²) in [5.41, 5.74) is 0.937. The molecule has 0 spiro atoms. The van der Waals surface area contributed by atoms with Gasteiger partial charge in [0.05, 0.1) is 12.2 Å². The Kier molecular flexibility index (Phi) is 6.26. The summed E-state index contributed by atoms with van der Waals surface area (Å²) in [7, 11) is 0. The van der Waals surface area contributed by atoms with Gasteiger partial charge in [-0.3, -0.25) is 9.59 Å². The van der Waals surface area contributed by atoms with E-state index in [2.05, 4.69) is 5.32 Å². The van der Waals surface area contributed by atoms with Gasteiger partial charge in [-0.2, -0.15) is 0 Å². The Bertz CT molecular complexity index is 737. The van der Waals surface area contributed by atoms with Gasteiger partial charge < -0.3 is 10.1 Å². The lowest BCUT2D eigenvalue weighted by molar-refractivity contribution is -0.116. The van der Waals surface area contributed by atoms with Crippen LogP contribution >= 0.6 is 11.3 Å². The number of esters is 1. The summed E-state index contributed by atoms with van der Waals surface area (Å²) < 4.78 is 4.98. The molecule has 0 atom stereocenters. The van der Waals surface area contributed by atoms with Crippen molar-refractivity contribution in [3.63, 3.8) is 0 Å². The van der Waals surface area contributed by atoms with E-state index in [1.165, 1.54) is 11.3 Å². The molecule has 1 heterocycles. The number of anilines is 1. The van der Waals surface area contributed by atoms with E-state index in [9.17, 15) is 14.4 Å². The van der Waals surface area contributed by atoms with Crippen molar-refractivity contribution in [1.29, 1.82) is 0 Å². The van der Waals surface area contributed by atoms with Crippen LogP contribution in [0.25, 0.3) is 0 Å². The molecule has 0 aliphatic heterocycles. The molecule has 1 aromatic heterocycles. The second kappa shape index (κ2) is 8.40. The van der Waals surface area contributed by atoms with Gasteiger partial charge in [0, 0.05) is 23.3 Å². The van der Waals surface area contributed by atoms with Gasteiger partial charge in [-0.05, 0) is 19.9 Å². The molecule has 5 nitrogen and oxygen atoms in total. The van der Waals surface area contributed by atoms with E-state index in [1.54, 1.807) is 37.3 Å². The Morgan fingerprint density at radius 2 is 1.83 bits per heavy atom. The number of ether oxygens (including phenoxy) is 1. The normalized spacial score (nSPS) is 10.2. The first-order valence-electron chi connectivity index (χ1n) is 7.67. The third kappa shape index (κ3) is 4.76. The van der Waals surface area contributed by atoms with Gasteiger partial charge in [-0.15, -0.1) is 11.3 Å². The molecular formula is C18H19NO4S. The highest BCUT2D eigenvalue weighted by molar-refractivity contribution is 7.16. The van der Waals surface area contributed by atoms with Crippen molar-refractivity contribution in [2.24, 2.45) is 0 Å². The van der Waals surface area contributed by atoms with Crippen LogP contribution in [-0.2, 0) is 9.53 Å². The molecule has 1 N–H and O–H groups in total. The molecule has 2 rings (SSSR count). The van der Waals surface area contributed by atoms with Gasteiger partial charge >= 0.3 is 5.97 Å². The van der Waals surface area contributed by atoms with Crippen LogP contribution in [0.4, 0.5) is 5.00 Å². The molecule has 1 amide bonds. The molecule has 0 fully saturated rings. The Labute approximate surface area is 144 Å². The zero-order valence-electron chi connectivity index (χ0n) is 13.6. The number of nitrogens with one attached hydrogen (secondary N) is 1. The molecule has 0 saturated carbocycles. The molecule has 6 heteroatoms. The minimum Gasteiger partial charge on any atom is -0.462 e. The van der Waals surface area contributed by atoms with Gasteiger partial charge in [0.15, 0.2) is 5.78 Å². The average molecular weight is 345 g/mol. The predicted molar refractivity (Wildman–Crippen MR) is 93.6 cm³/mol. The number of ketones is 1. The summed E-state index contributed by atoms with van der Waals surface area (Å²) in [5.74, 6) is -0.845. The zero-order chi connectivity index (χ0) is 17.5. The van der Waals surface area contributed by atoms with Crippen LogP contribution in [0.3, 0.4) is 0 Å². The maximum absolute atomic E-state index is 12.1. The largest absolute Gasteiger partial charge is 0.462 e. The van der Waals surface area contributed by atoms with E-state index in [0.717, 1.165) is 4.88 Å². The second-order valence-corrected chi connectivity index (χ2v) is 6.41. The monoisotopic (exact) mass is 345 g/mol. The van der Waals surface area contributed by atoms with E-state index >= 15 is 0 Å². The number of benzene rings is 1. The van der Waals surface area contributed by atoms with Crippen LogP contribution in [0, 0.1) is 6.92 Å². The minimum atomic E-state index is -0.461. The van der Waals surface area contributed by atoms with Crippen molar-refractivity contribution in [2.45, 2.75) is 26.7 Å². The number of carbonyl (C=O) groups is 3. The first kappa shape index (κ1) is 17.9. The van der Waals surface area contributed by atoms with Crippen molar-refractivity contribution in [1.82, 2.24) is 0 Å². The number of carbonyl (C=O) groups excluding carboxylic acids is 3. The average Bonchev–Trinajstić information content (AvgIpc) is 2.94. The summed E-state index contributed by atoms with van der Waals surface area (Å²) >= 11 is 1.31. The second-order valence-electron chi connectivity index (χ2n) is 5.16. The fourth-order valence-electron chi connectivity index (χ4n) is 2.15. The van der Waals surface area contributed by atoms with Crippen molar-refractivity contribution in [3.05, 3.63) is 52.4 Å². The standard InChI is InChI=1S/C18H19NO4S/c1-3-23-18(22)14-11-12(2)24-17(14)19-16(21)10-9-15(20)13-7-5-4-6-8-13/h4-8,11H,3,9-10H2,1-2H3,(H,19,21). The Morgan fingerprint density at radius 1 is 1.12 bits per heavy atom. The van der Waals surface area contributed by atoms with Gasteiger partial charge in [-0.1, -0.05) is 30.3 Å². The van der Waals surface area contributed by atoms with Crippen LogP contribution in [-0.4, -0.2) is 24.3 Å². The highest BCUT2D eigenvalue weighted by Gasteiger charge is 2.18. The minimum absolute atomic E-state index is 0.0624. The quantitative estimate of drug-likeness (QED) is 0.611.